The van der Waals surface area contributed by atoms with E-state index in [1.807, 2.05) is 24.3 Å². The third-order valence-electron chi connectivity index (χ3n) is 4.07. The Hall–Kier alpha value is -2.24. The van der Waals surface area contributed by atoms with Crippen molar-refractivity contribution < 1.29 is 4.74 Å². The average Bonchev–Trinajstić information content (AvgIpc) is 3.01. The van der Waals surface area contributed by atoms with Gasteiger partial charge in [-0.2, -0.15) is 0 Å². The molecule has 1 atom stereocenters. The maximum absolute atomic E-state index is 5.17. The van der Waals surface area contributed by atoms with E-state index in [0.717, 1.165) is 30.8 Å². The molecule has 0 bridgehead atoms. The summed E-state index contributed by atoms with van der Waals surface area (Å²) in [5.41, 5.74) is 2.41. The molecule has 0 spiro atoms. The van der Waals surface area contributed by atoms with E-state index in [-0.39, 0.29) is 0 Å². The summed E-state index contributed by atoms with van der Waals surface area (Å²) in [6, 6.07) is 19.0. The number of hydrogen-bond acceptors (Lipinski definition) is 2. The number of benzene rings is 2. The second-order valence-electron chi connectivity index (χ2n) is 5.61. The first-order valence-electron chi connectivity index (χ1n) is 7.79. The van der Waals surface area contributed by atoms with E-state index >= 15 is 0 Å². The van der Waals surface area contributed by atoms with Crippen LogP contribution in [0, 0.1) is 11.8 Å². The summed E-state index contributed by atoms with van der Waals surface area (Å²) in [6.07, 6.45) is 2.39. The van der Waals surface area contributed by atoms with Crippen LogP contribution in [0.5, 0.6) is 5.75 Å². The molecule has 2 aromatic rings. The van der Waals surface area contributed by atoms with Gasteiger partial charge in [0.2, 0.25) is 0 Å². The molecule has 3 rings (SSSR count). The predicted molar refractivity (Wildman–Crippen MR) is 89.7 cm³/mol. The van der Waals surface area contributed by atoms with Gasteiger partial charge in [-0.1, -0.05) is 42.2 Å². The molecule has 2 aromatic carbocycles. The fourth-order valence-corrected chi connectivity index (χ4v) is 2.84. The highest BCUT2D eigenvalue weighted by atomic mass is 16.5. The quantitative estimate of drug-likeness (QED) is 0.799. The molecule has 2 heteroatoms. The van der Waals surface area contributed by atoms with Gasteiger partial charge in [0.25, 0.3) is 0 Å². The van der Waals surface area contributed by atoms with Crippen molar-refractivity contribution in [2.45, 2.75) is 25.4 Å². The van der Waals surface area contributed by atoms with Crippen LogP contribution in [0.15, 0.2) is 54.6 Å². The highest BCUT2D eigenvalue weighted by Gasteiger charge is 2.22. The molecule has 0 aliphatic carbocycles. The van der Waals surface area contributed by atoms with Gasteiger partial charge in [-0.3, -0.25) is 4.90 Å². The largest absolute Gasteiger partial charge is 0.497 e. The monoisotopic (exact) mass is 291 g/mol. The van der Waals surface area contributed by atoms with E-state index in [4.69, 9.17) is 4.74 Å². The molecule has 0 aromatic heterocycles. The van der Waals surface area contributed by atoms with Crippen LogP contribution in [0.4, 0.5) is 0 Å². The highest BCUT2D eigenvalue weighted by Crippen LogP contribution is 2.19. The van der Waals surface area contributed by atoms with E-state index in [0.29, 0.717) is 6.04 Å². The Morgan fingerprint density at radius 2 is 1.86 bits per heavy atom. The van der Waals surface area contributed by atoms with Crippen molar-refractivity contribution in [3.8, 4) is 17.6 Å². The number of nitrogens with zero attached hydrogens (tertiary/aromatic N) is 1. The molecule has 0 unspecified atom stereocenters. The minimum atomic E-state index is 0.363. The summed E-state index contributed by atoms with van der Waals surface area (Å²) < 4.78 is 5.17. The van der Waals surface area contributed by atoms with Crippen LogP contribution < -0.4 is 4.74 Å². The normalized spacial score (nSPS) is 17.8. The lowest BCUT2D eigenvalue weighted by atomic mass is 10.1. The fourth-order valence-electron chi connectivity index (χ4n) is 2.84. The number of ether oxygens (including phenoxy) is 1. The number of hydrogen-bond donors (Lipinski definition) is 0. The summed E-state index contributed by atoms with van der Waals surface area (Å²) in [5, 5.41) is 0. The van der Waals surface area contributed by atoms with Gasteiger partial charge in [-0.05, 0) is 49.2 Å². The molecular formula is C20H21NO. The molecule has 1 saturated heterocycles. The zero-order valence-corrected chi connectivity index (χ0v) is 13.0. The summed E-state index contributed by atoms with van der Waals surface area (Å²) >= 11 is 0. The SMILES string of the molecule is COc1ccc(C#C[C@@H]2CCCN2Cc2ccccc2)cc1. The van der Waals surface area contributed by atoms with E-state index in [9.17, 15) is 0 Å². The first-order valence-corrected chi connectivity index (χ1v) is 7.79. The molecule has 0 N–H and O–H groups in total. The van der Waals surface area contributed by atoms with E-state index in [1.54, 1.807) is 7.11 Å². The Kier molecular flexibility index (Phi) is 4.78. The highest BCUT2D eigenvalue weighted by molar-refractivity contribution is 5.39. The van der Waals surface area contributed by atoms with Crippen LogP contribution in [0.3, 0.4) is 0 Å². The van der Waals surface area contributed by atoms with Crippen LogP contribution in [-0.2, 0) is 6.54 Å². The Balaban J connectivity index is 1.67. The lowest BCUT2D eigenvalue weighted by molar-refractivity contribution is 0.288. The van der Waals surface area contributed by atoms with Gasteiger partial charge >= 0.3 is 0 Å². The zero-order chi connectivity index (χ0) is 15.2. The number of methoxy groups -OCH3 is 1. The Morgan fingerprint density at radius 1 is 1.09 bits per heavy atom. The van der Waals surface area contributed by atoms with Gasteiger partial charge in [0.1, 0.15) is 5.75 Å². The maximum atomic E-state index is 5.17. The van der Waals surface area contributed by atoms with Crippen LogP contribution in [0.1, 0.15) is 24.0 Å². The van der Waals surface area contributed by atoms with Gasteiger partial charge in [0.15, 0.2) is 0 Å². The number of likely N-dealkylation sites (tertiary alicyclic amines) is 1. The molecule has 0 amide bonds. The van der Waals surface area contributed by atoms with Crippen LogP contribution >= 0.6 is 0 Å². The fraction of sp³-hybridized carbons (Fsp3) is 0.300. The Bertz CT molecular complexity index is 652. The van der Waals surface area contributed by atoms with E-state index < -0.39 is 0 Å². The molecule has 1 aliphatic rings. The predicted octanol–water partition coefficient (Wildman–Crippen LogP) is 3.71. The van der Waals surface area contributed by atoms with Crippen molar-refractivity contribution in [3.05, 3.63) is 65.7 Å². The second kappa shape index (κ2) is 7.15. The van der Waals surface area contributed by atoms with Crippen LogP contribution in [-0.4, -0.2) is 24.6 Å². The maximum Gasteiger partial charge on any atom is 0.118 e. The minimum absolute atomic E-state index is 0.363. The molecule has 2 nitrogen and oxygen atoms in total. The Morgan fingerprint density at radius 3 is 2.59 bits per heavy atom. The lowest BCUT2D eigenvalue weighted by Crippen LogP contribution is -2.27. The second-order valence-corrected chi connectivity index (χ2v) is 5.61. The zero-order valence-electron chi connectivity index (χ0n) is 13.0. The van der Waals surface area contributed by atoms with Crippen molar-refractivity contribution in [3.63, 3.8) is 0 Å². The van der Waals surface area contributed by atoms with E-state index in [2.05, 4.69) is 47.1 Å². The van der Waals surface area contributed by atoms with E-state index in [1.165, 1.54) is 12.0 Å². The smallest absolute Gasteiger partial charge is 0.118 e. The van der Waals surface area contributed by atoms with Crippen molar-refractivity contribution in [1.29, 1.82) is 0 Å². The van der Waals surface area contributed by atoms with Gasteiger partial charge < -0.3 is 4.74 Å². The van der Waals surface area contributed by atoms with Crippen LogP contribution in [0.2, 0.25) is 0 Å². The van der Waals surface area contributed by atoms with Crippen molar-refractivity contribution in [1.82, 2.24) is 4.90 Å². The molecule has 1 fully saturated rings. The van der Waals surface area contributed by atoms with Gasteiger partial charge in [-0.15, -0.1) is 0 Å². The molecule has 0 saturated carbocycles. The molecule has 22 heavy (non-hydrogen) atoms. The molecule has 0 radical (unpaired) electrons. The third kappa shape index (κ3) is 3.69. The number of rotatable bonds is 3. The lowest BCUT2D eigenvalue weighted by Gasteiger charge is -2.20. The Labute approximate surface area is 132 Å². The van der Waals surface area contributed by atoms with Crippen molar-refractivity contribution in [2.24, 2.45) is 0 Å². The topological polar surface area (TPSA) is 12.5 Å². The van der Waals surface area contributed by atoms with Gasteiger partial charge in [0.05, 0.1) is 13.2 Å². The molecule has 112 valence electrons. The first-order chi connectivity index (χ1) is 10.8. The summed E-state index contributed by atoms with van der Waals surface area (Å²) in [4.78, 5) is 2.48. The van der Waals surface area contributed by atoms with Crippen molar-refractivity contribution in [2.75, 3.05) is 13.7 Å². The van der Waals surface area contributed by atoms with Crippen molar-refractivity contribution >= 4 is 0 Å². The third-order valence-corrected chi connectivity index (χ3v) is 4.07. The minimum Gasteiger partial charge on any atom is -0.497 e. The summed E-state index contributed by atoms with van der Waals surface area (Å²) in [6.45, 7) is 2.12. The first kappa shape index (κ1) is 14.7. The van der Waals surface area contributed by atoms with Gasteiger partial charge in [0, 0.05) is 12.1 Å². The van der Waals surface area contributed by atoms with Crippen LogP contribution in [0.25, 0.3) is 0 Å². The standard InChI is InChI=1S/C20H21NO/c1-22-20-13-10-17(11-14-20)9-12-19-8-5-15-21(19)16-18-6-3-2-4-7-18/h2-4,6-7,10-11,13-14,19H,5,8,15-16H2,1H3/t19-/m0/s1. The summed E-state index contributed by atoms with van der Waals surface area (Å²) in [7, 11) is 1.68. The molecule has 1 aliphatic heterocycles. The average molecular weight is 291 g/mol. The van der Waals surface area contributed by atoms with Gasteiger partial charge in [-0.25, -0.2) is 0 Å². The summed E-state index contributed by atoms with van der Waals surface area (Å²) in [5.74, 6) is 7.62. The molecular weight excluding hydrogens is 270 g/mol. The molecule has 1 heterocycles.